The summed E-state index contributed by atoms with van der Waals surface area (Å²) in [4.78, 5) is 3.09. The predicted molar refractivity (Wildman–Crippen MR) is 76.2 cm³/mol. The van der Waals surface area contributed by atoms with Crippen molar-refractivity contribution in [1.29, 1.82) is 0 Å². The Kier molecular flexibility index (Phi) is 4.77. The number of halogens is 1. The van der Waals surface area contributed by atoms with E-state index in [0.29, 0.717) is 10.6 Å². The number of hydrogen-bond donors (Lipinski definition) is 2. The number of thiophene rings is 1. The lowest BCUT2D eigenvalue weighted by Crippen LogP contribution is -2.29. The van der Waals surface area contributed by atoms with Crippen LogP contribution in [0.1, 0.15) is 15.8 Å². The van der Waals surface area contributed by atoms with Crippen molar-refractivity contribution >= 4 is 23.1 Å². The summed E-state index contributed by atoms with van der Waals surface area (Å²) >= 11 is 3.18. The van der Waals surface area contributed by atoms with Gasteiger partial charge in [0, 0.05) is 20.4 Å². The van der Waals surface area contributed by atoms with Gasteiger partial charge in [0.15, 0.2) is 0 Å². The van der Waals surface area contributed by atoms with Crippen LogP contribution < -0.4 is 11.3 Å². The monoisotopic (exact) mass is 282 g/mol. The van der Waals surface area contributed by atoms with E-state index >= 15 is 0 Å². The predicted octanol–water partition coefficient (Wildman–Crippen LogP) is 3.49. The highest BCUT2D eigenvalue weighted by atomic mass is 32.2. The van der Waals surface area contributed by atoms with Crippen LogP contribution in [0.25, 0.3) is 0 Å². The van der Waals surface area contributed by atoms with E-state index in [-0.39, 0.29) is 11.9 Å². The van der Waals surface area contributed by atoms with E-state index in [1.54, 1.807) is 23.5 Å². The van der Waals surface area contributed by atoms with Crippen molar-refractivity contribution in [3.63, 3.8) is 0 Å². The summed E-state index contributed by atoms with van der Waals surface area (Å²) in [6.45, 7) is 2.06. The molecule has 0 radical (unpaired) electrons. The summed E-state index contributed by atoms with van der Waals surface area (Å²) in [5, 5.41) is 0. The van der Waals surface area contributed by atoms with Crippen LogP contribution >= 0.6 is 23.1 Å². The largest absolute Gasteiger partial charge is 0.271 e. The number of benzene rings is 1. The number of hydrazine groups is 1. The van der Waals surface area contributed by atoms with Gasteiger partial charge in [-0.25, -0.2) is 4.39 Å². The number of hydrogen-bond acceptors (Lipinski definition) is 4. The molecule has 18 heavy (non-hydrogen) atoms. The maximum Gasteiger partial charge on any atom is 0.136 e. The molecule has 0 saturated carbocycles. The van der Waals surface area contributed by atoms with Crippen LogP contribution in [0.5, 0.6) is 0 Å². The highest BCUT2D eigenvalue weighted by Crippen LogP contribution is 2.29. The van der Waals surface area contributed by atoms with Crippen LogP contribution in [-0.2, 0) is 0 Å². The van der Waals surface area contributed by atoms with Gasteiger partial charge >= 0.3 is 0 Å². The first kappa shape index (κ1) is 13.5. The summed E-state index contributed by atoms with van der Waals surface area (Å²) in [6.07, 6.45) is 0. The zero-order valence-corrected chi connectivity index (χ0v) is 11.7. The van der Waals surface area contributed by atoms with E-state index < -0.39 is 0 Å². The third-order valence-corrected chi connectivity index (χ3v) is 4.80. The van der Waals surface area contributed by atoms with Gasteiger partial charge in [-0.05, 0) is 31.2 Å². The summed E-state index contributed by atoms with van der Waals surface area (Å²) in [5.74, 6) is 6.09. The first-order chi connectivity index (χ1) is 8.70. The molecular weight excluding hydrogens is 267 g/mol. The van der Waals surface area contributed by atoms with Crippen molar-refractivity contribution in [2.45, 2.75) is 17.9 Å². The number of rotatable bonds is 5. The van der Waals surface area contributed by atoms with Crippen LogP contribution in [0.4, 0.5) is 4.39 Å². The molecule has 0 fully saturated rings. The van der Waals surface area contributed by atoms with E-state index in [1.807, 2.05) is 6.07 Å². The quantitative estimate of drug-likeness (QED) is 0.501. The summed E-state index contributed by atoms with van der Waals surface area (Å²) < 4.78 is 13.5. The summed E-state index contributed by atoms with van der Waals surface area (Å²) in [5.41, 5.74) is 2.79. The Morgan fingerprint density at radius 3 is 2.72 bits per heavy atom. The Bertz CT molecular complexity index is 513. The number of thioether (sulfide) groups is 1. The van der Waals surface area contributed by atoms with Crippen molar-refractivity contribution in [3.8, 4) is 0 Å². The SMILES string of the molecule is Cc1ccc(C(CSc2ccccc2F)NN)s1. The molecule has 0 amide bonds. The third kappa shape index (κ3) is 3.32. The smallest absolute Gasteiger partial charge is 0.136 e. The number of nitrogens with two attached hydrogens (primary N) is 1. The van der Waals surface area contributed by atoms with Gasteiger partial charge in [-0.1, -0.05) is 12.1 Å². The molecule has 2 nitrogen and oxygen atoms in total. The molecule has 5 heteroatoms. The van der Waals surface area contributed by atoms with Crippen LogP contribution in [0, 0.1) is 12.7 Å². The third-order valence-electron chi connectivity index (χ3n) is 2.55. The Hall–Kier alpha value is -0.880. The molecule has 1 unspecified atom stereocenters. The van der Waals surface area contributed by atoms with Crippen LogP contribution in [0.15, 0.2) is 41.3 Å². The van der Waals surface area contributed by atoms with E-state index in [2.05, 4.69) is 24.5 Å². The van der Waals surface area contributed by atoms with E-state index in [4.69, 9.17) is 5.84 Å². The van der Waals surface area contributed by atoms with Gasteiger partial charge in [0.05, 0.1) is 6.04 Å². The fourth-order valence-corrected chi connectivity index (χ4v) is 3.63. The number of nitrogens with one attached hydrogen (secondary N) is 1. The molecule has 0 bridgehead atoms. The second kappa shape index (κ2) is 6.33. The highest BCUT2D eigenvalue weighted by molar-refractivity contribution is 7.99. The molecule has 3 N–H and O–H groups in total. The molecule has 1 aromatic carbocycles. The second-order valence-corrected chi connectivity index (χ2v) is 6.29. The molecule has 2 rings (SSSR count). The van der Waals surface area contributed by atoms with Crippen LogP contribution in [0.3, 0.4) is 0 Å². The van der Waals surface area contributed by atoms with Gasteiger partial charge in [-0.2, -0.15) is 0 Å². The molecule has 1 atom stereocenters. The maximum atomic E-state index is 13.5. The topological polar surface area (TPSA) is 38.0 Å². The zero-order chi connectivity index (χ0) is 13.0. The lowest BCUT2D eigenvalue weighted by molar-refractivity contribution is 0.598. The maximum absolute atomic E-state index is 13.5. The minimum atomic E-state index is -0.180. The molecule has 0 spiro atoms. The minimum absolute atomic E-state index is 0.0494. The van der Waals surface area contributed by atoms with Gasteiger partial charge < -0.3 is 0 Å². The molecule has 2 aromatic rings. The fraction of sp³-hybridized carbons (Fsp3) is 0.231. The van der Waals surface area contributed by atoms with Gasteiger partial charge in [0.25, 0.3) is 0 Å². The molecule has 1 aromatic heterocycles. The van der Waals surface area contributed by atoms with Crippen molar-refractivity contribution in [2.75, 3.05) is 5.75 Å². The van der Waals surface area contributed by atoms with Crippen LogP contribution in [-0.4, -0.2) is 5.75 Å². The fourth-order valence-electron chi connectivity index (χ4n) is 1.59. The van der Waals surface area contributed by atoms with Crippen molar-refractivity contribution in [2.24, 2.45) is 5.84 Å². The van der Waals surface area contributed by atoms with E-state index in [0.717, 1.165) is 0 Å². The standard InChI is InChI=1S/C13H15FN2S2/c1-9-6-7-13(18-9)11(16-15)8-17-12-5-3-2-4-10(12)14/h2-7,11,16H,8,15H2,1H3. The van der Waals surface area contributed by atoms with Crippen molar-refractivity contribution < 1.29 is 4.39 Å². The van der Waals surface area contributed by atoms with Gasteiger partial charge in [0.1, 0.15) is 5.82 Å². The van der Waals surface area contributed by atoms with Crippen molar-refractivity contribution in [1.82, 2.24) is 5.43 Å². The Balaban J connectivity index is 2.02. The molecule has 1 heterocycles. The van der Waals surface area contributed by atoms with Gasteiger partial charge in [-0.15, -0.1) is 23.1 Å². The lowest BCUT2D eigenvalue weighted by Gasteiger charge is -2.13. The molecule has 0 aliphatic heterocycles. The second-order valence-electron chi connectivity index (χ2n) is 3.91. The Morgan fingerprint density at radius 1 is 1.33 bits per heavy atom. The molecule has 0 aliphatic carbocycles. The molecule has 96 valence electrons. The molecule has 0 saturated heterocycles. The van der Waals surface area contributed by atoms with Crippen molar-refractivity contribution in [3.05, 3.63) is 52.0 Å². The lowest BCUT2D eigenvalue weighted by atomic mass is 10.3. The Morgan fingerprint density at radius 2 is 2.11 bits per heavy atom. The summed E-state index contributed by atoms with van der Waals surface area (Å²) in [7, 11) is 0. The first-order valence-electron chi connectivity index (χ1n) is 5.60. The highest BCUT2D eigenvalue weighted by Gasteiger charge is 2.13. The van der Waals surface area contributed by atoms with E-state index in [9.17, 15) is 4.39 Å². The normalized spacial score (nSPS) is 12.6. The van der Waals surface area contributed by atoms with Gasteiger partial charge in [-0.3, -0.25) is 11.3 Å². The zero-order valence-electron chi connectivity index (χ0n) is 10.0. The molecular formula is C13H15FN2S2. The first-order valence-corrected chi connectivity index (χ1v) is 7.40. The van der Waals surface area contributed by atoms with E-state index in [1.165, 1.54) is 27.6 Å². The average molecular weight is 282 g/mol. The Labute approximate surface area is 114 Å². The summed E-state index contributed by atoms with van der Waals surface area (Å²) in [6, 6.07) is 11.0. The minimum Gasteiger partial charge on any atom is -0.271 e. The molecule has 0 aliphatic rings. The van der Waals surface area contributed by atoms with Crippen LogP contribution in [0.2, 0.25) is 0 Å². The number of aryl methyl sites for hydroxylation is 1. The average Bonchev–Trinajstić information content (AvgIpc) is 2.79. The van der Waals surface area contributed by atoms with Gasteiger partial charge in [0.2, 0.25) is 0 Å².